The number of amides is 1. The van der Waals surface area contributed by atoms with E-state index < -0.39 is 0 Å². The van der Waals surface area contributed by atoms with Gasteiger partial charge in [-0.15, -0.1) is 0 Å². The fourth-order valence-electron chi connectivity index (χ4n) is 2.83. The summed E-state index contributed by atoms with van der Waals surface area (Å²) >= 11 is 0. The molecule has 2 aromatic rings. The highest BCUT2D eigenvalue weighted by atomic mass is 16.5. The van der Waals surface area contributed by atoms with Gasteiger partial charge in [0.25, 0.3) is 5.91 Å². The normalized spacial score (nSPS) is 17.2. The van der Waals surface area contributed by atoms with Crippen LogP contribution in [-0.4, -0.2) is 45.1 Å². The highest BCUT2D eigenvalue weighted by Gasteiger charge is 2.25. The van der Waals surface area contributed by atoms with Gasteiger partial charge in [-0.25, -0.2) is 0 Å². The minimum Gasteiger partial charge on any atom is -0.338 e. The van der Waals surface area contributed by atoms with Crippen LogP contribution in [0.25, 0.3) is 0 Å². The van der Waals surface area contributed by atoms with Crippen molar-refractivity contribution >= 4 is 5.91 Å². The number of aromatic nitrogens is 3. The maximum absolute atomic E-state index is 12.4. The number of hydrogen-bond acceptors (Lipinski definition) is 6. The summed E-state index contributed by atoms with van der Waals surface area (Å²) in [6.45, 7) is 5.30. The lowest BCUT2D eigenvalue weighted by molar-refractivity contribution is 0.0700. The van der Waals surface area contributed by atoms with E-state index in [0.717, 1.165) is 25.9 Å². The molecule has 2 aromatic heterocycles. The van der Waals surface area contributed by atoms with E-state index in [2.05, 4.69) is 20.4 Å². The van der Waals surface area contributed by atoms with Crippen LogP contribution in [0.15, 0.2) is 29.0 Å². The van der Waals surface area contributed by atoms with Gasteiger partial charge in [-0.1, -0.05) is 5.16 Å². The van der Waals surface area contributed by atoms with Crippen LogP contribution in [0.3, 0.4) is 0 Å². The standard InChI is InChI=1S/C16H21N5O2/c1-11(15-19-12(2)20-23-15)18-14-5-8-21(9-6-14)16(22)13-4-3-7-17-10-13/h3-4,7,10-11,14,18H,5-6,8-9H2,1-2H3/t11-/m0/s1. The molecule has 1 amide bonds. The first-order chi connectivity index (χ1) is 11.1. The zero-order valence-electron chi connectivity index (χ0n) is 13.4. The summed E-state index contributed by atoms with van der Waals surface area (Å²) in [7, 11) is 0. The van der Waals surface area contributed by atoms with Crippen molar-refractivity contribution in [1.82, 2.24) is 25.3 Å². The quantitative estimate of drug-likeness (QED) is 0.925. The fraction of sp³-hybridized carbons (Fsp3) is 0.500. The highest BCUT2D eigenvalue weighted by Crippen LogP contribution is 2.17. The van der Waals surface area contributed by atoms with Crippen molar-refractivity contribution in [3.05, 3.63) is 41.8 Å². The molecule has 1 aliphatic rings. The van der Waals surface area contributed by atoms with Gasteiger partial charge in [-0.3, -0.25) is 9.78 Å². The second-order valence-electron chi connectivity index (χ2n) is 5.88. The van der Waals surface area contributed by atoms with E-state index in [-0.39, 0.29) is 11.9 Å². The Morgan fingerprint density at radius 1 is 1.43 bits per heavy atom. The maximum atomic E-state index is 12.4. The van der Waals surface area contributed by atoms with Gasteiger partial charge in [0.2, 0.25) is 5.89 Å². The van der Waals surface area contributed by atoms with Gasteiger partial charge in [0.1, 0.15) is 0 Å². The molecule has 0 saturated carbocycles. The number of carbonyl (C=O) groups is 1. The fourth-order valence-corrected chi connectivity index (χ4v) is 2.83. The van der Waals surface area contributed by atoms with Gasteiger partial charge < -0.3 is 14.7 Å². The third-order valence-electron chi connectivity index (χ3n) is 4.09. The van der Waals surface area contributed by atoms with E-state index in [4.69, 9.17) is 4.52 Å². The molecule has 7 nitrogen and oxygen atoms in total. The molecule has 1 fully saturated rings. The maximum Gasteiger partial charge on any atom is 0.255 e. The molecule has 0 radical (unpaired) electrons. The molecule has 0 aliphatic carbocycles. The number of aryl methyl sites for hydroxylation is 1. The number of rotatable bonds is 4. The Kier molecular flexibility index (Phi) is 4.66. The molecule has 0 unspecified atom stereocenters. The van der Waals surface area contributed by atoms with Crippen molar-refractivity contribution in [1.29, 1.82) is 0 Å². The number of pyridine rings is 1. The number of carbonyl (C=O) groups excluding carboxylic acids is 1. The molecule has 7 heteroatoms. The van der Waals surface area contributed by atoms with Gasteiger partial charge in [0.05, 0.1) is 11.6 Å². The van der Waals surface area contributed by atoms with E-state index >= 15 is 0 Å². The molecule has 23 heavy (non-hydrogen) atoms. The summed E-state index contributed by atoms with van der Waals surface area (Å²) < 4.78 is 5.19. The molecule has 0 spiro atoms. The molecule has 0 aromatic carbocycles. The van der Waals surface area contributed by atoms with Crippen LogP contribution in [-0.2, 0) is 0 Å². The van der Waals surface area contributed by atoms with E-state index in [0.29, 0.717) is 23.3 Å². The average molecular weight is 315 g/mol. The van der Waals surface area contributed by atoms with E-state index in [1.807, 2.05) is 18.7 Å². The molecule has 122 valence electrons. The largest absolute Gasteiger partial charge is 0.338 e. The lowest BCUT2D eigenvalue weighted by atomic mass is 10.0. The Hall–Kier alpha value is -2.28. The molecule has 1 atom stereocenters. The summed E-state index contributed by atoms with van der Waals surface area (Å²) in [5.74, 6) is 1.30. The number of piperidine rings is 1. The molecular formula is C16H21N5O2. The van der Waals surface area contributed by atoms with Crippen LogP contribution in [0.2, 0.25) is 0 Å². The zero-order chi connectivity index (χ0) is 16.2. The van der Waals surface area contributed by atoms with Crippen molar-refractivity contribution in [2.45, 2.75) is 38.8 Å². The summed E-state index contributed by atoms with van der Waals surface area (Å²) in [4.78, 5) is 22.5. The van der Waals surface area contributed by atoms with Crippen LogP contribution in [0.5, 0.6) is 0 Å². The van der Waals surface area contributed by atoms with E-state index in [1.54, 1.807) is 24.5 Å². The summed E-state index contributed by atoms with van der Waals surface area (Å²) in [5.41, 5.74) is 0.647. The average Bonchev–Trinajstić information content (AvgIpc) is 3.02. The summed E-state index contributed by atoms with van der Waals surface area (Å²) in [6.07, 6.45) is 5.10. The third kappa shape index (κ3) is 3.73. The van der Waals surface area contributed by atoms with E-state index in [9.17, 15) is 4.79 Å². The Morgan fingerprint density at radius 2 is 2.22 bits per heavy atom. The molecular weight excluding hydrogens is 294 g/mol. The molecule has 0 bridgehead atoms. The highest BCUT2D eigenvalue weighted by molar-refractivity contribution is 5.93. The Balaban J connectivity index is 1.51. The van der Waals surface area contributed by atoms with Crippen molar-refractivity contribution < 1.29 is 9.32 Å². The molecule has 1 aliphatic heterocycles. The zero-order valence-corrected chi connectivity index (χ0v) is 13.4. The Morgan fingerprint density at radius 3 is 2.83 bits per heavy atom. The van der Waals surface area contributed by atoms with Crippen molar-refractivity contribution in [2.24, 2.45) is 0 Å². The minimum atomic E-state index is 0.0155. The predicted octanol–water partition coefficient (Wildman–Crippen LogP) is 1.73. The first kappa shape index (κ1) is 15.6. The number of hydrogen-bond donors (Lipinski definition) is 1. The molecule has 3 rings (SSSR count). The first-order valence-corrected chi connectivity index (χ1v) is 7.89. The molecule has 1 saturated heterocycles. The van der Waals surface area contributed by atoms with Crippen molar-refractivity contribution in [3.63, 3.8) is 0 Å². The molecule has 1 N–H and O–H groups in total. The third-order valence-corrected chi connectivity index (χ3v) is 4.09. The van der Waals surface area contributed by atoms with Crippen LogP contribution in [0.4, 0.5) is 0 Å². The van der Waals surface area contributed by atoms with Crippen LogP contribution in [0.1, 0.15) is 47.9 Å². The second-order valence-corrected chi connectivity index (χ2v) is 5.88. The van der Waals surface area contributed by atoms with Crippen LogP contribution < -0.4 is 5.32 Å². The molecule has 3 heterocycles. The van der Waals surface area contributed by atoms with Gasteiger partial charge in [0.15, 0.2) is 5.82 Å². The number of likely N-dealkylation sites (tertiary alicyclic amines) is 1. The lowest BCUT2D eigenvalue weighted by Gasteiger charge is -2.33. The number of nitrogens with one attached hydrogen (secondary N) is 1. The smallest absolute Gasteiger partial charge is 0.255 e. The Bertz CT molecular complexity index is 650. The number of nitrogens with zero attached hydrogens (tertiary/aromatic N) is 4. The second kappa shape index (κ2) is 6.87. The van der Waals surface area contributed by atoms with Gasteiger partial charge in [-0.2, -0.15) is 4.98 Å². The van der Waals surface area contributed by atoms with Gasteiger partial charge in [0, 0.05) is 31.5 Å². The van der Waals surface area contributed by atoms with Crippen LogP contribution in [0, 0.1) is 6.92 Å². The first-order valence-electron chi connectivity index (χ1n) is 7.89. The van der Waals surface area contributed by atoms with Crippen molar-refractivity contribution in [2.75, 3.05) is 13.1 Å². The monoisotopic (exact) mass is 315 g/mol. The SMILES string of the molecule is Cc1noc([C@H](C)NC2CCN(C(=O)c3cccnc3)CC2)n1. The van der Waals surface area contributed by atoms with E-state index in [1.165, 1.54) is 0 Å². The summed E-state index contributed by atoms with van der Waals surface area (Å²) in [6, 6.07) is 3.95. The Labute approximate surface area is 135 Å². The van der Waals surface area contributed by atoms with Crippen molar-refractivity contribution in [3.8, 4) is 0 Å². The summed E-state index contributed by atoms with van der Waals surface area (Å²) in [5, 5.41) is 7.32. The predicted molar refractivity (Wildman–Crippen MR) is 83.7 cm³/mol. The minimum absolute atomic E-state index is 0.0155. The van der Waals surface area contributed by atoms with Gasteiger partial charge >= 0.3 is 0 Å². The van der Waals surface area contributed by atoms with Crippen LogP contribution >= 0.6 is 0 Å². The van der Waals surface area contributed by atoms with Gasteiger partial charge in [-0.05, 0) is 38.8 Å². The lowest BCUT2D eigenvalue weighted by Crippen LogP contribution is -2.45. The topological polar surface area (TPSA) is 84.2 Å².